The highest BCUT2D eigenvalue weighted by Crippen LogP contribution is 2.21. The lowest BCUT2D eigenvalue weighted by Gasteiger charge is -2.37. The van der Waals surface area contributed by atoms with Crippen molar-refractivity contribution in [3.8, 4) is 0 Å². The molecule has 0 bridgehead atoms. The van der Waals surface area contributed by atoms with E-state index >= 15 is 0 Å². The van der Waals surface area contributed by atoms with Crippen LogP contribution >= 0.6 is 0 Å². The second-order valence-corrected chi connectivity index (χ2v) is 7.65. The maximum Gasteiger partial charge on any atom is 0.256 e. The average molecular weight is 383 g/mol. The topological polar surface area (TPSA) is 87.5 Å². The van der Waals surface area contributed by atoms with Crippen LogP contribution in [0, 0.1) is 5.92 Å². The Morgan fingerprint density at radius 3 is 2.57 bits per heavy atom. The van der Waals surface area contributed by atoms with Gasteiger partial charge in [-0.1, -0.05) is 13.0 Å². The minimum Gasteiger partial charge on any atom is -0.353 e. The van der Waals surface area contributed by atoms with Crippen molar-refractivity contribution in [1.29, 1.82) is 0 Å². The molecule has 0 aliphatic carbocycles. The fourth-order valence-corrected chi connectivity index (χ4v) is 4.16. The SMILES string of the molecule is CC(C(=O)N1CCN(C(=O)c2cccc3ncn(C)c23)CC1)C1CCC(=O)N1. The van der Waals surface area contributed by atoms with E-state index in [-0.39, 0.29) is 29.7 Å². The number of hydrogen-bond donors (Lipinski definition) is 1. The van der Waals surface area contributed by atoms with E-state index in [1.807, 2.05) is 41.6 Å². The average Bonchev–Trinajstić information content (AvgIpc) is 3.32. The second-order valence-electron chi connectivity index (χ2n) is 7.65. The number of nitrogens with one attached hydrogen (secondary N) is 1. The zero-order valence-corrected chi connectivity index (χ0v) is 16.2. The van der Waals surface area contributed by atoms with Crippen LogP contribution in [0.4, 0.5) is 0 Å². The molecule has 2 unspecified atom stereocenters. The largest absolute Gasteiger partial charge is 0.353 e. The number of benzene rings is 1. The van der Waals surface area contributed by atoms with Crippen LogP contribution in [0.2, 0.25) is 0 Å². The van der Waals surface area contributed by atoms with E-state index in [1.54, 1.807) is 11.2 Å². The zero-order valence-electron chi connectivity index (χ0n) is 16.2. The Balaban J connectivity index is 1.41. The first-order chi connectivity index (χ1) is 13.5. The first kappa shape index (κ1) is 18.5. The van der Waals surface area contributed by atoms with E-state index in [0.29, 0.717) is 44.6 Å². The van der Waals surface area contributed by atoms with Gasteiger partial charge in [-0.2, -0.15) is 0 Å². The van der Waals surface area contributed by atoms with E-state index in [4.69, 9.17) is 0 Å². The molecule has 1 N–H and O–H groups in total. The number of imidazole rings is 1. The van der Waals surface area contributed by atoms with Crippen molar-refractivity contribution in [2.45, 2.75) is 25.8 Å². The number of nitrogens with zero attached hydrogens (tertiary/aromatic N) is 4. The number of piperazine rings is 1. The van der Waals surface area contributed by atoms with E-state index in [2.05, 4.69) is 10.3 Å². The number of amides is 3. The van der Waals surface area contributed by atoms with Gasteiger partial charge in [0.05, 0.1) is 28.8 Å². The maximum atomic E-state index is 13.1. The summed E-state index contributed by atoms with van der Waals surface area (Å²) in [5, 5.41) is 2.88. The molecule has 0 saturated carbocycles. The molecule has 2 aliphatic heterocycles. The summed E-state index contributed by atoms with van der Waals surface area (Å²) in [6, 6.07) is 5.49. The Kier molecular flexibility index (Phi) is 4.78. The number of carbonyl (C=O) groups is 3. The van der Waals surface area contributed by atoms with Crippen LogP contribution in [0.15, 0.2) is 24.5 Å². The van der Waals surface area contributed by atoms with Gasteiger partial charge in [-0.05, 0) is 18.6 Å². The van der Waals surface area contributed by atoms with Gasteiger partial charge in [0.1, 0.15) is 0 Å². The Morgan fingerprint density at radius 2 is 1.89 bits per heavy atom. The molecule has 0 spiro atoms. The van der Waals surface area contributed by atoms with Gasteiger partial charge in [0, 0.05) is 45.7 Å². The summed E-state index contributed by atoms with van der Waals surface area (Å²) in [5.41, 5.74) is 2.27. The summed E-state index contributed by atoms with van der Waals surface area (Å²) < 4.78 is 1.86. The number of aryl methyl sites for hydroxylation is 1. The molecular weight excluding hydrogens is 358 g/mol. The van der Waals surface area contributed by atoms with Crippen molar-refractivity contribution in [3.05, 3.63) is 30.1 Å². The molecule has 8 heteroatoms. The molecule has 0 radical (unpaired) electrons. The van der Waals surface area contributed by atoms with E-state index < -0.39 is 0 Å². The molecule has 1 aromatic heterocycles. The molecule has 2 aromatic rings. The Bertz CT molecular complexity index is 929. The van der Waals surface area contributed by atoms with Crippen molar-refractivity contribution in [3.63, 3.8) is 0 Å². The minimum atomic E-state index is -0.239. The Morgan fingerprint density at radius 1 is 1.18 bits per heavy atom. The van der Waals surface area contributed by atoms with Crippen LogP contribution in [0.3, 0.4) is 0 Å². The number of rotatable bonds is 3. The third-order valence-electron chi connectivity index (χ3n) is 5.87. The van der Waals surface area contributed by atoms with Gasteiger partial charge < -0.3 is 19.7 Å². The van der Waals surface area contributed by atoms with Gasteiger partial charge in [-0.25, -0.2) is 4.98 Å². The number of carbonyl (C=O) groups excluding carboxylic acids is 3. The normalized spacial score (nSPS) is 21.1. The van der Waals surface area contributed by atoms with Crippen LogP contribution in [0.25, 0.3) is 11.0 Å². The van der Waals surface area contributed by atoms with E-state index in [9.17, 15) is 14.4 Å². The lowest BCUT2D eigenvalue weighted by atomic mass is 9.98. The van der Waals surface area contributed by atoms with Gasteiger partial charge in [0.15, 0.2) is 0 Å². The van der Waals surface area contributed by atoms with Crippen molar-refractivity contribution in [2.24, 2.45) is 13.0 Å². The number of fused-ring (bicyclic) bond motifs is 1. The molecule has 3 amide bonds. The fraction of sp³-hybridized carbons (Fsp3) is 0.500. The van der Waals surface area contributed by atoms with Gasteiger partial charge in [-0.3, -0.25) is 14.4 Å². The molecular formula is C20H25N5O3. The number of para-hydroxylation sites is 1. The van der Waals surface area contributed by atoms with Crippen LogP contribution < -0.4 is 5.32 Å². The summed E-state index contributed by atoms with van der Waals surface area (Å²) in [6.45, 7) is 3.90. The van der Waals surface area contributed by atoms with Crippen LogP contribution in [-0.4, -0.2) is 69.3 Å². The first-order valence-corrected chi connectivity index (χ1v) is 9.73. The minimum absolute atomic E-state index is 0.0180. The molecule has 28 heavy (non-hydrogen) atoms. The molecule has 2 aliphatic rings. The third kappa shape index (κ3) is 3.23. The monoisotopic (exact) mass is 383 g/mol. The van der Waals surface area contributed by atoms with Gasteiger partial charge in [-0.15, -0.1) is 0 Å². The Hall–Kier alpha value is -2.90. The lowest BCUT2D eigenvalue weighted by molar-refractivity contribution is -0.137. The quantitative estimate of drug-likeness (QED) is 0.848. The van der Waals surface area contributed by atoms with Gasteiger partial charge in [0.25, 0.3) is 5.91 Å². The van der Waals surface area contributed by atoms with Crippen LogP contribution in [0.5, 0.6) is 0 Å². The summed E-state index contributed by atoms with van der Waals surface area (Å²) >= 11 is 0. The molecule has 2 saturated heterocycles. The van der Waals surface area contributed by atoms with E-state index in [0.717, 1.165) is 11.0 Å². The highest BCUT2D eigenvalue weighted by molar-refractivity contribution is 6.05. The Labute approximate surface area is 163 Å². The summed E-state index contributed by atoms with van der Waals surface area (Å²) in [4.78, 5) is 45.2. The van der Waals surface area contributed by atoms with Crippen molar-refractivity contribution in [2.75, 3.05) is 26.2 Å². The number of hydrogen-bond acceptors (Lipinski definition) is 4. The summed E-state index contributed by atoms with van der Waals surface area (Å²) in [6.07, 6.45) is 2.91. The standard InChI is InChI=1S/C20H25N5O3/c1-13(15-6-7-17(26)22-15)19(27)24-8-10-25(11-9-24)20(28)14-4-3-5-16-18(14)23(2)12-21-16/h3-5,12-13,15H,6-11H2,1-2H3,(H,22,26). The second kappa shape index (κ2) is 7.26. The maximum absolute atomic E-state index is 13.1. The highest BCUT2D eigenvalue weighted by atomic mass is 16.2. The molecule has 148 valence electrons. The highest BCUT2D eigenvalue weighted by Gasteiger charge is 2.34. The van der Waals surface area contributed by atoms with Crippen molar-refractivity contribution in [1.82, 2.24) is 24.7 Å². The molecule has 3 heterocycles. The molecule has 4 rings (SSSR count). The fourth-order valence-electron chi connectivity index (χ4n) is 4.16. The lowest BCUT2D eigenvalue weighted by Crippen LogP contribution is -2.53. The summed E-state index contributed by atoms with van der Waals surface area (Å²) in [7, 11) is 1.88. The molecule has 2 atom stereocenters. The van der Waals surface area contributed by atoms with Crippen LogP contribution in [-0.2, 0) is 16.6 Å². The number of aromatic nitrogens is 2. The predicted molar refractivity (Wildman–Crippen MR) is 104 cm³/mol. The van der Waals surface area contributed by atoms with E-state index in [1.165, 1.54) is 0 Å². The van der Waals surface area contributed by atoms with Crippen LogP contribution in [0.1, 0.15) is 30.1 Å². The zero-order chi connectivity index (χ0) is 19.8. The third-order valence-corrected chi connectivity index (χ3v) is 5.87. The van der Waals surface area contributed by atoms with Gasteiger partial charge >= 0.3 is 0 Å². The molecule has 8 nitrogen and oxygen atoms in total. The first-order valence-electron chi connectivity index (χ1n) is 9.73. The van der Waals surface area contributed by atoms with Crippen molar-refractivity contribution < 1.29 is 14.4 Å². The molecule has 2 fully saturated rings. The predicted octanol–water partition coefficient (Wildman–Crippen LogP) is 0.772. The molecule has 1 aromatic carbocycles. The van der Waals surface area contributed by atoms with Crippen molar-refractivity contribution >= 4 is 28.8 Å². The summed E-state index contributed by atoms with van der Waals surface area (Å²) in [5.74, 6) is -0.202. The smallest absolute Gasteiger partial charge is 0.256 e. The van der Waals surface area contributed by atoms with Gasteiger partial charge in [0.2, 0.25) is 11.8 Å².